The molecule has 0 spiro atoms. The monoisotopic (exact) mass is 394 g/mol. The van der Waals surface area contributed by atoms with Gasteiger partial charge in [0.2, 0.25) is 10.0 Å². The molecule has 1 aliphatic rings. The molecule has 1 N–H and O–H groups in total. The van der Waals surface area contributed by atoms with Crippen LogP contribution < -0.4 is 9.62 Å². The quantitative estimate of drug-likeness (QED) is 0.690. The van der Waals surface area contributed by atoms with Gasteiger partial charge in [0.05, 0.1) is 4.90 Å². The van der Waals surface area contributed by atoms with Crippen molar-refractivity contribution in [1.82, 2.24) is 4.72 Å². The molecular formula is C23H26N2O2S. The predicted octanol–water partition coefficient (Wildman–Crippen LogP) is 4.55. The topological polar surface area (TPSA) is 49.4 Å². The van der Waals surface area contributed by atoms with E-state index in [0.717, 1.165) is 35.3 Å². The van der Waals surface area contributed by atoms with Crippen LogP contribution in [0.4, 0.5) is 5.69 Å². The maximum absolute atomic E-state index is 12.7. The first kappa shape index (κ1) is 19.0. The molecule has 0 saturated carbocycles. The van der Waals surface area contributed by atoms with Crippen molar-refractivity contribution in [2.45, 2.75) is 31.2 Å². The second-order valence-electron chi connectivity index (χ2n) is 7.69. The Morgan fingerprint density at radius 3 is 2.50 bits per heavy atom. The van der Waals surface area contributed by atoms with Crippen molar-refractivity contribution in [2.75, 3.05) is 18.0 Å². The molecule has 0 bridgehead atoms. The highest BCUT2D eigenvalue weighted by atomic mass is 32.2. The number of hydrogen-bond acceptors (Lipinski definition) is 3. The zero-order valence-corrected chi connectivity index (χ0v) is 17.0. The second kappa shape index (κ2) is 7.94. The van der Waals surface area contributed by atoms with Crippen molar-refractivity contribution >= 4 is 26.5 Å². The van der Waals surface area contributed by atoms with E-state index >= 15 is 0 Å². The molecule has 5 heteroatoms. The summed E-state index contributed by atoms with van der Waals surface area (Å²) in [6.45, 7) is 4.76. The molecule has 3 aromatic rings. The van der Waals surface area contributed by atoms with E-state index in [1.807, 2.05) is 42.5 Å². The lowest BCUT2D eigenvalue weighted by Crippen LogP contribution is -2.34. The van der Waals surface area contributed by atoms with Gasteiger partial charge < -0.3 is 4.90 Å². The minimum Gasteiger partial charge on any atom is -0.371 e. The van der Waals surface area contributed by atoms with Crippen LogP contribution in [0.3, 0.4) is 0 Å². The molecule has 1 heterocycles. The van der Waals surface area contributed by atoms with Crippen LogP contribution in [-0.2, 0) is 16.6 Å². The summed E-state index contributed by atoms with van der Waals surface area (Å²) < 4.78 is 28.1. The van der Waals surface area contributed by atoms with E-state index in [1.165, 1.54) is 18.5 Å². The maximum atomic E-state index is 12.7. The largest absolute Gasteiger partial charge is 0.371 e. The first-order valence-electron chi connectivity index (χ1n) is 9.84. The van der Waals surface area contributed by atoms with Gasteiger partial charge >= 0.3 is 0 Å². The van der Waals surface area contributed by atoms with Gasteiger partial charge in [0, 0.05) is 25.3 Å². The van der Waals surface area contributed by atoms with Gasteiger partial charge in [-0.3, -0.25) is 0 Å². The maximum Gasteiger partial charge on any atom is 0.240 e. The highest BCUT2D eigenvalue weighted by Gasteiger charge is 2.17. The predicted molar refractivity (Wildman–Crippen MR) is 115 cm³/mol. The van der Waals surface area contributed by atoms with E-state index in [9.17, 15) is 8.42 Å². The molecule has 1 atom stereocenters. The Morgan fingerprint density at radius 2 is 1.75 bits per heavy atom. The van der Waals surface area contributed by atoms with Gasteiger partial charge in [-0.2, -0.15) is 0 Å². The van der Waals surface area contributed by atoms with Crippen LogP contribution in [0.2, 0.25) is 0 Å². The molecule has 3 aromatic carbocycles. The fourth-order valence-electron chi connectivity index (χ4n) is 3.84. The van der Waals surface area contributed by atoms with Crippen LogP contribution in [0.15, 0.2) is 71.6 Å². The summed E-state index contributed by atoms with van der Waals surface area (Å²) in [7, 11) is -3.55. The number of nitrogens with zero attached hydrogens (tertiary/aromatic N) is 1. The molecule has 0 aromatic heterocycles. The van der Waals surface area contributed by atoms with Crippen LogP contribution in [0.5, 0.6) is 0 Å². The van der Waals surface area contributed by atoms with Crippen LogP contribution >= 0.6 is 0 Å². The molecule has 1 fully saturated rings. The number of fused-ring (bicyclic) bond motifs is 1. The molecule has 1 saturated heterocycles. The molecule has 0 aliphatic carbocycles. The van der Waals surface area contributed by atoms with Gasteiger partial charge in [-0.25, -0.2) is 13.1 Å². The van der Waals surface area contributed by atoms with E-state index in [1.54, 1.807) is 12.1 Å². The van der Waals surface area contributed by atoms with Gasteiger partial charge in [0.15, 0.2) is 0 Å². The Hall–Kier alpha value is -2.37. The number of piperidine rings is 1. The van der Waals surface area contributed by atoms with Crippen molar-refractivity contribution in [3.8, 4) is 0 Å². The Bertz CT molecular complexity index is 1060. The van der Waals surface area contributed by atoms with Crippen molar-refractivity contribution in [3.63, 3.8) is 0 Å². The summed E-state index contributed by atoms with van der Waals surface area (Å²) in [6.07, 6.45) is 2.53. The summed E-state index contributed by atoms with van der Waals surface area (Å²) in [5, 5.41) is 1.95. The Morgan fingerprint density at radius 1 is 1.00 bits per heavy atom. The van der Waals surface area contributed by atoms with Crippen molar-refractivity contribution < 1.29 is 8.42 Å². The van der Waals surface area contributed by atoms with Crippen molar-refractivity contribution in [3.05, 3.63) is 72.3 Å². The third-order valence-electron chi connectivity index (χ3n) is 5.46. The molecule has 0 unspecified atom stereocenters. The summed E-state index contributed by atoms with van der Waals surface area (Å²) in [5.41, 5.74) is 2.17. The molecule has 4 nitrogen and oxygen atoms in total. The third-order valence-corrected chi connectivity index (χ3v) is 6.85. The number of rotatable bonds is 5. The van der Waals surface area contributed by atoms with E-state index in [0.29, 0.717) is 4.90 Å². The minimum absolute atomic E-state index is 0.284. The molecule has 4 rings (SSSR count). The zero-order valence-electron chi connectivity index (χ0n) is 16.1. The highest BCUT2D eigenvalue weighted by Crippen LogP contribution is 2.23. The molecule has 0 amide bonds. The lowest BCUT2D eigenvalue weighted by molar-refractivity contribution is 0.447. The normalized spacial score (nSPS) is 17.8. The zero-order chi connectivity index (χ0) is 19.6. The van der Waals surface area contributed by atoms with Gasteiger partial charge in [-0.15, -0.1) is 0 Å². The van der Waals surface area contributed by atoms with E-state index in [4.69, 9.17) is 0 Å². The van der Waals surface area contributed by atoms with Gasteiger partial charge in [-0.1, -0.05) is 49.4 Å². The Labute approximate surface area is 167 Å². The van der Waals surface area contributed by atoms with E-state index in [2.05, 4.69) is 28.7 Å². The minimum atomic E-state index is -3.55. The number of sulfonamides is 1. The van der Waals surface area contributed by atoms with Crippen molar-refractivity contribution in [2.24, 2.45) is 5.92 Å². The number of nitrogens with one attached hydrogen (secondary N) is 1. The van der Waals surface area contributed by atoms with Gasteiger partial charge in [-0.05, 0) is 59.4 Å². The standard InChI is InChI=1S/C23H26N2O2S/c1-18-5-4-14-25(17-18)22-11-8-19(9-12-22)16-24-28(26,27)23-13-10-20-6-2-3-7-21(20)15-23/h2-3,6-13,15,18,24H,4-5,14,16-17H2,1H3/t18-/m1/s1. The summed E-state index contributed by atoms with van der Waals surface area (Å²) >= 11 is 0. The molecule has 0 radical (unpaired) electrons. The van der Waals surface area contributed by atoms with Crippen molar-refractivity contribution in [1.29, 1.82) is 0 Å². The smallest absolute Gasteiger partial charge is 0.240 e. The summed E-state index contributed by atoms with van der Waals surface area (Å²) in [6, 6.07) is 21.2. The molecule has 28 heavy (non-hydrogen) atoms. The summed E-state index contributed by atoms with van der Waals surface area (Å²) in [4.78, 5) is 2.71. The highest BCUT2D eigenvalue weighted by molar-refractivity contribution is 7.89. The molecule has 146 valence electrons. The number of anilines is 1. The van der Waals surface area contributed by atoms with E-state index < -0.39 is 10.0 Å². The summed E-state index contributed by atoms with van der Waals surface area (Å²) in [5.74, 6) is 0.724. The van der Waals surface area contributed by atoms with Crippen LogP contribution in [0.1, 0.15) is 25.3 Å². The van der Waals surface area contributed by atoms with Crippen LogP contribution in [-0.4, -0.2) is 21.5 Å². The average Bonchev–Trinajstić information content (AvgIpc) is 2.72. The average molecular weight is 395 g/mol. The van der Waals surface area contributed by atoms with Crippen LogP contribution in [0.25, 0.3) is 10.8 Å². The lowest BCUT2D eigenvalue weighted by Gasteiger charge is -2.32. The SMILES string of the molecule is C[C@@H]1CCCN(c2ccc(CNS(=O)(=O)c3ccc4ccccc4c3)cc2)C1. The molecule has 1 aliphatic heterocycles. The molecular weight excluding hydrogens is 368 g/mol. The first-order valence-corrected chi connectivity index (χ1v) is 11.3. The Balaban J connectivity index is 1.44. The fourth-order valence-corrected chi connectivity index (χ4v) is 4.90. The van der Waals surface area contributed by atoms with Crippen LogP contribution in [0, 0.1) is 5.92 Å². The Kier molecular flexibility index (Phi) is 5.38. The lowest BCUT2D eigenvalue weighted by atomic mass is 9.99. The van der Waals surface area contributed by atoms with E-state index in [-0.39, 0.29) is 6.54 Å². The number of hydrogen-bond donors (Lipinski definition) is 1. The number of benzene rings is 3. The fraction of sp³-hybridized carbons (Fsp3) is 0.304. The van der Waals surface area contributed by atoms with Gasteiger partial charge in [0.25, 0.3) is 0 Å². The second-order valence-corrected chi connectivity index (χ2v) is 9.46. The first-order chi connectivity index (χ1) is 13.5. The van der Waals surface area contributed by atoms with Gasteiger partial charge in [0.1, 0.15) is 0 Å². The third kappa shape index (κ3) is 4.21.